The van der Waals surface area contributed by atoms with E-state index in [0.29, 0.717) is 11.0 Å². The molecular formula is C18H9N2NaO3S. The average Bonchev–Trinajstić information content (AvgIpc) is 2.88. The molecule has 7 heteroatoms. The van der Waals surface area contributed by atoms with E-state index in [1.807, 2.05) is 36.4 Å². The van der Waals surface area contributed by atoms with Gasteiger partial charge in [-0.1, -0.05) is 36.4 Å². The quantitative estimate of drug-likeness (QED) is 0.319. The fourth-order valence-corrected chi connectivity index (χ4v) is 3.79. The monoisotopic (exact) mass is 356 g/mol. The fourth-order valence-electron chi connectivity index (χ4n) is 3.30. The minimum Gasteiger partial charge on any atom is -0.744 e. The van der Waals surface area contributed by atoms with Gasteiger partial charge in [0.25, 0.3) is 0 Å². The minimum absolute atomic E-state index is 0. The van der Waals surface area contributed by atoms with Crippen LogP contribution in [0.1, 0.15) is 0 Å². The van der Waals surface area contributed by atoms with Gasteiger partial charge in [-0.3, -0.25) is 0 Å². The first-order valence-corrected chi connectivity index (χ1v) is 8.73. The van der Waals surface area contributed by atoms with E-state index < -0.39 is 10.1 Å². The number of benzene rings is 3. The molecule has 116 valence electrons. The topological polar surface area (TPSA) is 83.0 Å². The molecule has 0 fully saturated rings. The SMILES string of the molecule is O=S(=O)([O-])c1ccc2nc3c(nc2c1)-c1cccc2cccc-3c12.[Na+]. The Morgan fingerprint density at radius 2 is 1.40 bits per heavy atom. The third-order valence-electron chi connectivity index (χ3n) is 4.34. The molecule has 0 spiro atoms. The Morgan fingerprint density at radius 1 is 0.800 bits per heavy atom. The van der Waals surface area contributed by atoms with Crippen LogP contribution in [0, 0.1) is 0 Å². The summed E-state index contributed by atoms with van der Waals surface area (Å²) in [6.07, 6.45) is 0. The van der Waals surface area contributed by atoms with Crippen molar-refractivity contribution in [1.29, 1.82) is 0 Å². The summed E-state index contributed by atoms with van der Waals surface area (Å²) in [5.74, 6) is 0. The van der Waals surface area contributed by atoms with Crippen molar-refractivity contribution in [2.45, 2.75) is 4.90 Å². The number of hydrogen-bond donors (Lipinski definition) is 0. The van der Waals surface area contributed by atoms with Gasteiger partial charge in [-0.25, -0.2) is 18.4 Å². The van der Waals surface area contributed by atoms with Crippen LogP contribution in [0.25, 0.3) is 44.3 Å². The second-order valence-electron chi connectivity index (χ2n) is 5.73. The van der Waals surface area contributed by atoms with Crippen LogP contribution in [0.15, 0.2) is 59.5 Å². The number of aromatic nitrogens is 2. The van der Waals surface area contributed by atoms with Crippen molar-refractivity contribution < 1.29 is 42.5 Å². The van der Waals surface area contributed by atoms with Crippen LogP contribution in [0.5, 0.6) is 0 Å². The van der Waals surface area contributed by atoms with E-state index in [1.54, 1.807) is 0 Å². The molecule has 0 amide bonds. The van der Waals surface area contributed by atoms with Gasteiger partial charge in [-0.05, 0) is 23.6 Å². The van der Waals surface area contributed by atoms with Gasteiger partial charge in [-0.2, -0.15) is 0 Å². The molecule has 0 bridgehead atoms. The molecule has 5 rings (SSSR count). The molecule has 1 aromatic heterocycles. The van der Waals surface area contributed by atoms with Crippen LogP contribution >= 0.6 is 0 Å². The number of rotatable bonds is 1. The molecule has 0 saturated heterocycles. The second-order valence-corrected chi connectivity index (χ2v) is 7.11. The van der Waals surface area contributed by atoms with Gasteiger partial charge in [0.05, 0.1) is 27.3 Å². The normalized spacial score (nSPS) is 12.2. The van der Waals surface area contributed by atoms with Crippen LogP contribution in [-0.4, -0.2) is 22.9 Å². The molecule has 3 aromatic carbocycles. The summed E-state index contributed by atoms with van der Waals surface area (Å²) < 4.78 is 33.7. The van der Waals surface area contributed by atoms with E-state index in [2.05, 4.69) is 9.97 Å². The van der Waals surface area contributed by atoms with Crippen molar-refractivity contribution >= 4 is 31.9 Å². The molecule has 25 heavy (non-hydrogen) atoms. The van der Waals surface area contributed by atoms with E-state index in [-0.39, 0.29) is 34.5 Å². The first-order valence-electron chi connectivity index (χ1n) is 7.32. The van der Waals surface area contributed by atoms with Gasteiger partial charge in [0, 0.05) is 16.5 Å². The predicted molar refractivity (Wildman–Crippen MR) is 89.4 cm³/mol. The molecule has 0 atom stereocenters. The largest absolute Gasteiger partial charge is 1.00 e. The van der Waals surface area contributed by atoms with E-state index in [0.717, 1.165) is 33.3 Å². The zero-order chi connectivity index (χ0) is 16.5. The number of hydrogen-bond acceptors (Lipinski definition) is 5. The maximum absolute atomic E-state index is 11.2. The third-order valence-corrected chi connectivity index (χ3v) is 5.17. The van der Waals surface area contributed by atoms with E-state index in [9.17, 15) is 13.0 Å². The molecule has 0 unspecified atom stereocenters. The number of fused-ring (bicyclic) bond motifs is 4. The first kappa shape index (κ1) is 16.6. The van der Waals surface area contributed by atoms with Gasteiger partial charge in [-0.15, -0.1) is 0 Å². The molecule has 0 aliphatic heterocycles. The maximum atomic E-state index is 11.2. The minimum atomic E-state index is -4.52. The summed E-state index contributed by atoms with van der Waals surface area (Å²) in [6.45, 7) is 0. The van der Waals surface area contributed by atoms with E-state index >= 15 is 0 Å². The maximum Gasteiger partial charge on any atom is 1.00 e. The summed E-state index contributed by atoms with van der Waals surface area (Å²) in [4.78, 5) is 8.97. The molecule has 4 aromatic rings. The first-order chi connectivity index (χ1) is 11.5. The second kappa shape index (κ2) is 5.59. The third kappa shape index (κ3) is 2.41. The van der Waals surface area contributed by atoms with Crippen molar-refractivity contribution in [2.75, 3.05) is 0 Å². The molecular weight excluding hydrogens is 347 g/mol. The van der Waals surface area contributed by atoms with Gasteiger partial charge in [0.2, 0.25) is 0 Å². The van der Waals surface area contributed by atoms with Gasteiger partial charge in [0.15, 0.2) is 0 Å². The Bertz CT molecular complexity index is 1280. The Morgan fingerprint density at radius 3 is 2.00 bits per heavy atom. The fraction of sp³-hybridized carbons (Fsp3) is 0. The average molecular weight is 356 g/mol. The summed E-state index contributed by atoms with van der Waals surface area (Å²) in [5.41, 5.74) is 4.46. The standard InChI is InChI=1S/C18H10N2O3S.Na/c21-24(22,23)11-7-8-14-15(9-11)20-18-13-6-2-4-10-3-1-5-12(16(10)13)17(18)19-14;/h1-9H,(H,21,22,23);/q;+1/p-1. The smallest absolute Gasteiger partial charge is 0.744 e. The van der Waals surface area contributed by atoms with Crippen LogP contribution < -0.4 is 29.6 Å². The molecule has 0 radical (unpaired) electrons. The van der Waals surface area contributed by atoms with Crippen LogP contribution in [-0.2, 0) is 10.1 Å². The zero-order valence-electron chi connectivity index (χ0n) is 13.2. The van der Waals surface area contributed by atoms with Crippen molar-refractivity contribution in [3.63, 3.8) is 0 Å². The number of nitrogens with zero attached hydrogens (tertiary/aromatic N) is 2. The summed E-state index contributed by atoms with van der Waals surface area (Å²) in [7, 11) is -4.52. The van der Waals surface area contributed by atoms with Crippen LogP contribution in [0.2, 0.25) is 0 Å². The Kier molecular flexibility index (Phi) is 3.72. The van der Waals surface area contributed by atoms with E-state index in [4.69, 9.17) is 0 Å². The predicted octanol–water partition coefficient (Wildman–Crippen LogP) is 0.339. The van der Waals surface area contributed by atoms with E-state index in [1.165, 1.54) is 18.2 Å². The van der Waals surface area contributed by atoms with Crippen molar-refractivity contribution in [1.82, 2.24) is 9.97 Å². The zero-order valence-corrected chi connectivity index (χ0v) is 16.0. The molecule has 1 heterocycles. The van der Waals surface area contributed by atoms with Gasteiger partial charge >= 0.3 is 29.6 Å². The van der Waals surface area contributed by atoms with Gasteiger partial charge in [0.1, 0.15) is 10.1 Å². The van der Waals surface area contributed by atoms with Crippen molar-refractivity contribution in [3.05, 3.63) is 54.6 Å². The molecule has 1 aliphatic rings. The molecule has 5 nitrogen and oxygen atoms in total. The van der Waals surface area contributed by atoms with Crippen molar-refractivity contribution in [2.24, 2.45) is 0 Å². The summed E-state index contributed by atoms with van der Waals surface area (Å²) in [6, 6.07) is 16.1. The van der Waals surface area contributed by atoms with Crippen molar-refractivity contribution in [3.8, 4) is 22.5 Å². The Balaban J connectivity index is 0.00000157. The molecule has 0 N–H and O–H groups in total. The Labute approximate surface area is 165 Å². The van der Waals surface area contributed by atoms with Crippen LogP contribution in [0.3, 0.4) is 0 Å². The summed E-state index contributed by atoms with van der Waals surface area (Å²) >= 11 is 0. The Hall–Kier alpha value is -1.83. The van der Waals surface area contributed by atoms with Gasteiger partial charge < -0.3 is 4.55 Å². The molecule has 0 saturated carbocycles. The van der Waals surface area contributed by atoms with Crippen LogP contribution in [0.4, 0.5) is 0 Å². The summed E-state index contributed by atoms with van der Waals surface area (Å²) in [5, 5.41) is 2.21. The molecule has 1 aliphatic carbocycles.